The van der Waals surface area contributed by atoms with Crippen LogP contribution in [0.25, 0.3) is 0 Å². The highest BCUT2D eigenvalue weighted by atomic mass is 31.2. The lowest BCUT2D eigenvalue weighted by atomic mass is 9.44. The fourth-order valence-corrected chi connectivity index (χ4v) is 9.72. The van der Waals surface area contributed by atoms with Crippen LogP contribution in [0.1, 0.15) is 60.3 Å². The summed E-state index contributed by atoms with van der Waals surface area (Å²) < 4.78 is 30.3. The second-order valence-electron chi connectivity index (χ2n) is 11.4. The minimum absolute atomic E-state index is 0.0160. The molecule has 0 aromatic rings. The fraction of sp³-hybridized carbons (Fsp3) is 0.778. The number of ketones is 2. The average molecular weight is 525 g/mol. The second-order valence-corrected chi connectivity index (χ2v) is 13.4. The third-order valence-electron chi connectivity index (χ3n) is 9.65. The van der Waals surface area contributed by atoms with Crippen molar-refractivity contribution >= 4 is 19.2 Å². The van der Waals surface area contributed by atoms with Gasteiger partial charge in [0, 0.05) is 16.7 Å². The lowest BCUT2D eigenvalue weighted by Gasteiger charge is -2.61. The second kappa shape index (κ2) is 9.87. The van der Waals surface area contributed by atoms with E-state index in [-0.39, 0.29) is 42.7 Å². The van der Waals surface area contributed by atoms with Gasteiger partial charge in [-0.25, -0.2) is 0 Å². The zero-order chi connectivity index (χ0) is 26.5. The molecular formula is C27H41O8P. The van der Waals surface area contributed by atoms with Gasteiger partial charge >= 0.3 is 7.60 Å². The predicted molar refractivity (Wildman–Crippen MR) is 134 cm³/mol. The molecule has 0 aromatic heterocycles. The molecule has 0 radical (unpaired) electrons. The van der Waals surface area contributed by atoms with Crippen LogP contribution in [0, 0.1) is 34.5 Å². The molecule has 9 heteroatoms. The smallest absolute Gasteiger partial charge is 0.356 e. The van der Waals surface area contributed by atoms with Crippen LogP contribution in [-0.4, -0.2) is 59.7 Å². The Morgan fingerprint density at radius 3 is 2.50 bits per heavy atom. The predicted octanol–water partition coefficient (Wildman–Crippen LogP) is 4.05. The molecule has 4 aliphatic carbocycles. The first kappa shape index (κ1) is 27.9. The van der Waals surface area contributed by atoms with Crippen molar-refractivity contribution in [3.8, 4) is 0 Å². The number of aliphatic hydroxyl groups is 2. The summed E-state index contributed by atoms with van der Waals surface area (Å²) in [7, 11) is -3.60. The van der Waals surface area contributed by atoms with E-state index in [2.05, 4.69) is 13.8 Å². The molecule has 0 amide bonds. The normalized spacial score (nSPS) is 41.9. The maximum Gasteiger partial charge on any atom is 0.356 e. The first-order valence-electron chi connectivity index (χ1n) is 13.2. The van der Waals surface area contributed by atoms with E-state index in [0.717, 1.165) is 12.0 Å². The van der Waals surface area contributed by atoms with Gasteiger partial charge in [-0.2, -0.15) is 0 Å². The molecule has 8 atom stereocenters. The van der Waals surface area contributed by atoms with Crippen molar-refractivity contribution in [3.63, 3.8) is 0 Å². The van der Waals surface area contributed by atoms with Crippen molar-refractivity contribution in [1.29, 1.82) is 0 Å². The van der Waals surface area contributed by atoms with Gasteiger partial charge in [0.15, 0.2) is 11.6 Å². The van der Waals surface area contributed by atoms with Crippen LogP contribution >= 0.6 is 7.60 Å². The monoisotopic (exact) mass is 524 g/mol. The molecule has 0 aliphatic heterocycles. The Bertz CT molecular complexity index is 996. The van der Waals surface area contributed by atoms with Gasteiger partial charge in [0.05, 0.1) is 19.3 Å². The molecule has 3 saturated carbocycles. The van der Waals surface area contributed by atoms with E-state index in [9.17, 15) is 24.4 Å². The average Bonchev–Trinajstić information content (AvgIpc) is 3.11. The lowest BCUT2D eigenvalue weighted by molar-refractivity contribution is -0.191. The van der Waals surface area contributed by atoms with Crippen LogP contribution in [0.4, 0.5) is 0 Å². The quantitative estimate of drug-likeness (QED) is 0.434. The first-order valence-corrected chi connectivity index (χ1v) is 14.9. The van der Waals surface area contributed by atoms with Crippen LogP contribution in [0.3, 0.4) is 0 Å². The molecule has 2 N–H and O–H groups in total. The Kier molecular flexibility index (Phi) is 7.64. The summed E-state index contributed by atoms with van der Waals surface area (Å²) in [6, 6.07) is 0. The molecule has 0 aromatic carbocycles. The van der Waals surface area contributed by atoms with E-state index in [1.165, 1.54) is 0 Å². The maximum atomic E-state index is 13.4. The number of fused-ring (bicyclic) bond motifs is 5. The highest BCUT2D eigenvalue weighted by Crippen LogP contribution is 2.69. The van der Waals surface area contributed by atoms with Crippen LogP contribution in [-0.2, 0) is 27.9 Å². The number of hydrogen-bond acceptors (Lipinski definition) is 8. The Balaban J connectivity index is 1.72. The summed E-state index contributed by atoms with van der Waals surface area (Å²) in [6.07, 6.45) is 6.32. The van der Waals surface area contributed by atoms with Crippen LogP contribution in [0.15, 0.2) is 23.8 Å². The van der Waals surface area contributed by atoms with E-state index < -0.39 is 48.9 Å². The van der Waals surface area contributed by atoms with Gasteiger partial charge in [0.25, 0.3) is 0 Å². The van der Waals surface area contributed by atoms with Gasteiger partial charge in [-0.3, -0.25) is 14.2 Å². The van der Waals surface area contributed by atoms with Gasteiger partial charge in [0.1, 0.15) is 18.6 Å². The summed E-state index contributed by atoms with van der Waals surface area (Å²) in [5.41, 5.74) is -1.55. The van der Waals surface area contributed by atoms with Crippen molar-refractivity contribution in [3.05, 3.63) is 23.8 Å². The van der Waals surface area contributed by atoms with Gasteiger partial charge in [-0.15, -0.1) is 0 Å². The lowest BCUT2D eigenvalue weighted by Crippen LogP contribution is -2.63. The van der Waals surface area contributed by atoms with Gasteiger partial charge in [-0.1, -0.05) is 32.4 Å². The minimum atomic E-state index is -3.60. The third-order valence-corrected chi connectivity index (χ3v) is 11.4. The molecule has 0 saturated heterocycles. The van der Waals surface area contributed by atoms with E-state index in [4.69, 9.17) is 13.8 Å². The summed E-state index contributed by atoms with van der Waals surface area (Å²) in [5.74, 6) is -0.280. The Morgan fingerprint density at radius 2 is 1.89 bits per heavy atom. The molecule has 202 valence electrons. The first-order chi connectivity index (χ1) is 16.9. The van der Waals surface area contributed by atoms with E-state index >= 15 is 0 Å². The summed E-state index contributed by atoms with van der Waals surface area (Å²) in [6.45, 7) is 9.28. The summed E-state index contributed by atoms with van der Waals surface area (Å²) in [4.78, 5) is 25.6. The number of allylic oxidation sites excluding steroid dienone is 4. The van der Waals surface area contributed by atoms with Crippen molar-refractivity contribution in [2.45, 2.75) is 72.0 Å². The molecule has 8 nitrogen and oxygen atoms in total. The van der Waals surface area contributed by atoms with Crippen LogP contribution < -0.4 is 0 Å². The molecule has 4 rings (SSSR count). The molecule has 0 bridgehead atoms. The Labute approximate surface area is 214 Å². The molecule has 4 aliphatic rings. The van der Waals surface area contributed by atoms with Crippen LogP contribution in [0.2, 0.25) is 0 Å². The number of hydrogen-bond donors (Lipinski definition) is 2. The molecule has 0 unspecified atom stereocenters. The summed E-state index contributed by atoms with van der Waals surface area (Å²) >= 11 is 0. The third kappa shape index (κ3) is 4.13. The van der Waals surface area contributed by atoms with Gasteiger partial charge < -0.3 is 24.0 Å². The highest BCUT2D eigenvalue weighted by molar-refractivity contribution is 7.53. The maximum absolute atomic E-state index is 13.4. The van der Waals surface area contributed by atoms with E-state index in [1.54, 1.807) is 26.0 Å². The summed E-state index contributed by atoms with van der Waals surface area (Å²) in [5, 5.41) is 21.7. The fourth-order valence-electron chi connectivity index (χ4n) is 8.34. The van der Waals surface area contributed by atoms with Crippen molar-refractivity contribution in [2.75, 3.05) is 26.2 Å². The van der Waals surface area contributed by atoms with Gasteiger partial charge in [0.2, 0.25) is 0 Å². The van der Waals surface area contributed by atoms with Crippen molar-refractivity contribution < 1.29 is 38.2 Å². The van der Waals surface area contributed by atoms with Gasteiger partial charge in [-0.05, 0) is 69.4 Å². The zero-order valence-corrected chi connectivity index (χ0v) is 23.0. The number of Topliss-reactive ketones (excluding diaryl/α,β-unsaturated/α-hetero) is 1. The Morgan fingerprint density at radius 1 is 1.22 bits per heavy atom. The standard InChI is InChI=1S/C27H41O8P/c1-6-34-36(32,35-7-2)16-33-27(23(31)15-28)11-9-20-19-12-17(3)21-13-18(29)8-10-25(21,4)24(19)22(30)14-26(20,27)5/h8,10,13,17,19-20,22,24,28,30H,6-7,9,11-12,14-16H2,1-5H3/t17-,19-,20-,22-,24+,25-,26-,27-/m0/s1. The topological polar surface area (TPSA) is 119 Å². The van der Waals surface area contributed by atoms with Crippen LogP contribution in [0.5, 0.6) is 0 Å². The van der Waals surface area contributed by atoms with E-state index in [1.807, 2.05) is 13.0 Å². The van der Waals surface area contributed by atoms with Crippen molar-refractivity contribution in [1.82, 2.24) is 0 Å². The zero-order valence-electron chi connectivity index (χ0n) is 22.1. The Hall–Kier alpha value is -1.15. The largest absolute Gasteiger partial charge is 0.393 e. The molecule has 0 spiro atoms. The van der Waals surface area contributed by atoms with Crippen molar-refractivity contribution in [2.24, 2.45) is 34.5 Å². The SMILES string of the molecule is CCOP(=O)(CO[C@]1(C(=O)CO)CC[C@H]2[C@@H]3C[C@H](C)C4=CC(=O)C=C[C@]4(C)[C@H]3[C@@H](O)C[C@@]21C)OCC. The highest BCUT2D eigenvalue weighted by Gasteiger charge is 2.69. The number of carbonyl (C=O) groups is 2. The number of rotatable bonds is 9. The number of ether oxygens (including phenoxy) is 1. The number of carbonyl (C=O) groups excluding carboxylic acids is 2. The molecule has 3 fully saturated rings. The molecular weight excluding hydrogens is 483 g/mol. The molecule has 0 heterocycles. The van der Waals surface area contributed by atoms with E-state index in [0.29, 0.717) is 19.3 Å². The minimum Gasteiger partial charge on any atom is -0.393 e. The molecule has 36 heavy (non-hydrogen) atoms. The number of aliphatic hydroxyl groups excluding tert-OH is 2.